The first kappa shape index (κ1) is 19.9. The number of halogens is 1. The number of carbonyl (C=O) groups is 1. The molecule has 3 rings (SSSR count). The van der Waals surface area contributed by atoms with Crippen LogP contribution in [0.25, 0.3) is 0 Å². The largest absolute Gasteiger partial charge is 0.361 e. The van der Waals surface area contributed by atoms with Gasteiger partial charge in [0.15, 0.2) is 5.82 Å². The Bertz CT molecular complexity index is 938. The van der Waals surface area contributed by atoms with Gasteiger partial charge in [0.05, 0.1) is 12.2 Å². The summed E-state index contributed by atoms with van der Waals surface area (Å²) in [6.45, 7) is 5.19. The van der Waals surface area contributed by atoms with Crippen molar-refractivity contribution in [3.05, 3.63) is 58.5 Å². The normalized spacial score (nSPS) is 11.0. The summed E-state index contributed by atoms with van der Waals surface area (Å²) in [6, 6.07) is 5.64. The number of rotatable bonds is 7. The molecule has 0 fully saturated rings. The van der Waals surface area contributed by atoms with E-state index in [1.807, 2.05) is 25.8 Å². The molecule has 28 heavy (non-hydrogen) atoms. The number of anilines is 1. The molecular formula is C18H21FN6O2S. The number of hydrogen-bond donors (Lipinski definition) is 2. The van der Waals surface area contributed by atoms with Crippen molar-refractivity contribution < 1.29 is 13.7 Å². The molecule has 10 heteroatoms. The molecule has 148 valence electrons. The zero-order valence-corrected chi connectivity index (χ0v) is 16.6. The van der Waals surface area contributed by atoms with Gasteiger partial charge in [0, 0.05) is 30.2 Å². The fourth-order valence-corrected chi connectivity index (χ4v) is 3.21. The summed E-state index contributed by atoms with van der Waals surface area (Å²) in [4.78, 5) is 18.4. The predicted molar refractivity (Wildman–Crippen MR) is 103 cm³/mol. The van der Waals surface area contributed by atoms with Crippen LogP contribution in [-0.2, 0) is 19.6 Å². The molecule has 2 N–H and O–H groups in total. The van der Waals surface area contributed by atoms with Gasteiger partial charge in [0.2, 0.25) is 5.13 Å². The first-order valence-corrected chi connectivity index (χ1v) is 9.40. The average molecular weight is 404 g/mol. The zero-order valence-electron chi connectivity index (χ0n) is 15.8. The Morgan fingerprint density at radius 3 is 2.86 bits per heavy atom. The lowest BCUT2D eigenvalue weighted by Gasteiger charge is -2.14. The Hall–Kier alpha value is -2.85. The van der Waals surface area contributed by atoms with Crippen LogP contribution in [0.15, 0.2) is 28.8 Å². The molecule has 2 aromatic heterocycles. The highest BCUT2D eigenvalue weighted by molar-refractivity contribution is 7.09. The number of aromatic nitrogens is 3. The Morgan fingerprint density at radius 1 is 1.32 bits per heavy atom. The van der Waals surface area contributed by atoms with Gasteiger partial charge in [-0.3, -0.25) is 10.2 Å². The number of aryl methyl sites for hydroxylation is 2. The van der Waals surface area contributed by atoms with E-state index < -0.39 is 6.03 Å². The topological polar surface area (TPSA) is 96.2 Å². The maximum Gasteiger partial charge on any atom is 0.321 e. The van der Waals surface area contributed by atoms with Crippen molar-refractivity contribution in [2.45, 2.75) is 33.5 Å². The molecule has 0 unspecified atom stereocenters. The second-order valence-corrected chi connectivity index (χ2v) is 7.18. The van der Waals surface area contributed by atoms with E-state index in [1.54, 1.807) is 12.1 Å². The van der Waals surface area contributed by atoms with E-state index >= 15 is 0 Å². The van der Waals surface area contributed by atoms with Crippen LogP contribution in [0.4, 0.5) is 14.3 Å². The molecule has 2 heterocycles. The Morgan fingerprint density at radius 2 is 2.14 bits per heavy atom. The fourth-order valence-electron chi connectivity index (χ4n) is 2.63. The van der Waals surface area contributed by atoms with Crippen molar-refractivity contribution in [3.63, 3.8) is 0 Å². The Kier molecular flexibility index (Phi) is 6.32. The van der Waals surface area contributed by atoms with Gasteiger partial charge in [0.1, 0.15) is 11.6 Å². The van der Waals surface area contributed by atoms with Crippen molar-refractivity contribution in [2.24, 2.45) is 0 Å². The smallest absolute Gasteiger partial charge is 0.321 e. The van der Waals surface area contributed by atoms with Gasteiger partial charge in [-0.2, -0.15) is 4.37 Å². The first-order valence-electron chi connectivity index (χ1n) is 8.63. The molecule has 3 aromatic rings. The van der Waals surface area contributed by atoms with Crippen LogP contribution in [0, 0.1) is 19.7 Å². The molecule has 0 atom stereocenters. The highest BCUT2D eigenvalue weighted by Crippen LogP contribution is 2.17. The van der Waals surface area contributed by atoms with E-state index in [9.17, 15) is 9.18 Å². The van der Waals surface area contributed by atoms with Gasteiger partial charge >= 0.3 is 6.03 Å². The van der Waals surface area contributed by atoms with E-state index in [4.69, 9.17) is 4.52 Å². The summed E-state index contributed by atoms with van der Waals surface area (Å²) in [5.74, 6) is 1.07. The van der Waals surface area contributed by atoms with Gasteiger partial charge in [-0.25, -0.2) is 14.2 Å². The number of amides is 2. The van der Waals surface area contributed by atoms with Crippen molar-refractivity contribution in [1.29, 1.82) is 0 Å². The third-order valence-corrected chi connectivity index (χ3v) is 4.72. The molecule has 0 saturated heterocycles. The molecule has 0 radical (unpaired) electrons. The van der Waals surface area contributed by atoms with Crippen molar-refractivity contribution >= 4 is 22.7 Å². The molecule has 0 spiro atoms. The third-order valence-electron chi connectivity index (χ3n) is 4.05. The van der Waals surface area contributed by atoms with Crippen molar-refractivity contribution in [2.75, 3.05) is 12.4 Å². The average Bonchev–Trinajstić information content (AvgIpc) is 3.21. The van der Waals surface area contributed by atoms with E-state index in [0.29, 0.717) is 29.6 Å². The maximum absolute atomic E-state index is 13.2. The maximum atomic E-state index is 13.2. The zero-order chi connectivity index (χ0) is 20.1. The van der Waals surface area contributed by atoms with Gasteiger partial charge in [-0.15, -0.1) is 0 Å². The van der Waals surface area contributed by atoms with Gasteiger partial charge in [-0.1, -0.05) is 17.3 Å². The minimum Gasteiger partial charge on any atom is -0.361 e. The van der Waals surface area contributed by atoms with Crippen LogP contribution >= 0.6 is 11.5 Å². The second-order valence-electron chi connectivity index (χ2n) is 6.43. The standard InChI is InChI=1S/C18H21FN6O2S/c1-11-15(12(2)27-23-11)9-25(3)10-16-21-18(28-24-16)22-17(26)20-8-13-5-4-6-14(19)7-13/h4-7H,8-10H2,1-3H3,(H2,20,21,22,24,26). The monoisotopic (exact) mass is 404 g/mol. The molecule has 0 bridgehead atoms. The first-order chi connectivity index (χ1) is 13.4. The quantitative estimate of drug-likeness (QED) is 0.628. The summed E-state index contributed by atoms with van der Waals surface area (Å²) in [5.41, 5.74) is 2.59. The number of benzene rings is 1. The van der Waals surface area contributed by atoms with E-state index in [0.717, 1.165) is 28.6 Å². The van der Waals surface area contributed by atoms with Gasteiger partial charge < -0.3 is 9.84 Å². The minimum atomic E-state index is -0.420. The molecule has 0 aliphatic heterocycles. The predicted octanol–water partition coefficient (Wildman–Crippen LogP) is 3.24. The van der Waals surface area contributed by atoms with Crippen LogP contribution in [-0.4, -0.2) is 32.5 Å². The third kappa shape index (κ3) is 5.33. The number of nitrogens with zero attached hydrogens (tertiary/aromatic N) is 4. The van der Waals surface area contributed by atoms with E-state index in [2.05, 4.69) is 25.1 Å². The fraction of sp³-hybridized carbons (Fsp3) is 0.333. The lowest BCUT2D eigenvalue weighted by molar-refractivity contribution is 0.251. The molecule has 2 amide bonds. The van der Waals surface area contributed by atoms with Gasteiger partial charge in [0.25, 0.3) is 0 Å². The molecule has 0 aliphatic rings. The number of carbonyl (C=O) groups excluding carboxylic acids is 1. The lowest BCUT2D eigenvalue weighted by Crippen LogP contribution is -2.28. The lowest BCUT2D eigenvalue weighted by atomic mass is 10.2. The molecular weight excluding hydrogens is 383 g/mol. The molecule has 8 nitrogen and oxygen atoms in total. The summed E-state index contributed by atoms with van der Waals surface area (Å²) in [6.07, 6.45) is 0. The SMILES string of the molecule is Cc1noc(C)c1CN(C)Cc1nsc(NC(=O)NCc2cccc(F)c2)n1. The van der Waals surface area contributed by atoms with Crippen LogP contribution < -0.4 is 10.6 Å². The Balaban J connectivity index is 1.48. The summed E-state index contributed by atoms with van der Waals surface area (Å²) < 4.78 is 22.6. The molecule has 1 aromatic carbocycles. The second kappa shape index (κ2) is 8.89. The van der Waals surface area contributed by atoms with Crippen LogP contribution in [0.1, 0.15) is 28.4 Å². The number of urea groups is 1. The summed E-state index contributed by atoms with van der Waals surface area (Å²) in [5, 5.41) is 9.65. The van der Waals surface area contributed by atoms with Crippen LogP contribution in [0.3, 0.4) is 0 Å². The Labute approximate surface area is 165 Å². The highest BCUT2D eigenvalue weighted by Gasteiger charge is 2.14. The molecule has 0 aliphatic carbocycles. The van der Waals surface area contributed by atoms with Gasteiger partial charge in [-0.05, 0) is 38.6 Å². The minimum absolute atomic E-state index is 0.218. The van der Waals surface area contributed by atoms with Crippen LogP contribution in [0.2, 0.25) is 0 Å². The van der Waals surface area contributed by atoms with Crippen LogP contribution in [0.5, 0.6) is 0 Å². The molecule has 0 saturated carbocycles. The van der Waals surface area contributed by atoms with E-state index in [1.165, 1.54) is 12.1 Å². The number of nitrogens with one attached hydrogen (secondary N) is 2. The van der Waals surface area contributed by atoms with Crippen molar-refractivity contribution in [3.8, 4) is 0 Å². The van der Waals surface area contributed by atoms with Crippen molar-refractivity contribution in [1.82, 2.24) is 24.7 Å². The summed E-state index contributed by atoms with van der Waals surface area (Å²) >= 11 is 1.11. The summed E-state index contributed by atoms with van der Waals surface area (Å²) in [7, 11) is 1.95. The highest BCUT2D eigenvalue weighted by atomic mass is 32.1. The van der Waals surface area contributed by atoms with E-state index in [-0.39, 0.29) is 12.4 Å². The number of hydrogen-bond acceptors (Lipinski definition) is 7.